The zero-order valence-electron chi connectivity index (χ0n) is 10.0. The number of ketones is 2. The lowest BCUT2D eigenvalue weighted by Gasteiger charge is -1.95. The van der Waals surface area contributed by atoms with E-state index in [1.165, 1.54) is 0 Å². The molecule has 94 valence electrons. The molecule has 0 fully saturated rings. The standard InChI is InChI=1S/C14H13BrO3/c1-2-3-11(16)8-12(17)14-7-9-6-10(15)4-5-13(9)18-14/h4-7H,2-3,8H2,1H3. The van der Waals surface area contributed by atoms with Crippen molar-refractivity contribution in [3.63, 3.8) is 0 Å². The van der Waals surface area contributed by atoms with E-state index in [9.17, 15) is 9.59 Å². The van der Waals surface area contributed by atoms with Crippen molar-refractivity contribution in [2.24, 2.45) is 0 Å². The second-order valence-electron chi connectivity index (χ2n) is 4.18. The fourth-order valence-electron chi connectivity index (χ4n) is 1.79. The highest BCUT2D eigenvalue weighted by Gasteiger charge is 2.15. The second-order valence-corrected chi connectivity index (χ2v) is 5.10. The summed E-state index contributed by atoms with van der Waals surface area (Å²) in [7, 11) is 0. The van der Waals surface area contributed by atoms with Crippen molar-refractivity contribution >= 4 is 38.5 Å². The molecule has 0 amide bonds. The van der Waals surface area contributed by atoms with E-state index in [-0.39, 0.29) is 23.7 Å². The fraction of sp³-hybridized carbons (Fsp3) is 0.286. The highest BCUT2D eigenvalue weighted by molar-refractivity contribution is 9.10. The minimum Gasteiger partial charge on any atom is -0.453 e. The molecule has 0 aliphatic heterocycles. The molecule has 18 heavy (non-hydrogen) atoms. The Labute approximate surface area is 113 Å². The van der Waals surface area contributed by atoms with Crippen molar-refractivity contribution in [1.29, 1.82) is 0 Å². The van der Waals surface area contributed by atoms with Crippen LogP contribution in [0.4, 0.5) is 0 Å². The van der Waals surface area contributed by atoms with Gasteiger partial charge < -0.3 is 4.42 Å². The smallest absolute Gasteiger partial charge is 0.205 e. The summed E-state index contributed by atoms with van der Waals surface area (Å²) in [5.74, 6) is -0.0301. The average molecular weight is 309 g/mol. The maximum Gasteiger partial charge on any atom is 0.205 e. The van der Waals surface area contributed by atoms with Crippen LogP contribution in [0, 0.1) is 0 Å². The lowest BCUT2D eigenvalue weighted by molar-refractivity contribution is -0.118. The predicted octanol–water partition coefficient (Wildman–Crippen LogP) is 4.14. The number of furan rings is 1. The van der Waals surface area contributed by atoms with Gasteiger partial charge in [0.1, 0.15) is 11.4 Å². The molecule has 0 bridgehead atoms. The molecule has 0 saturated heterocycles. The van der Waals surface area contributed by atoms with E-state index >= 15 is 0 Å². The molecule has 0 atom stereocenters. The minimum absolute atomic E-state index is 0.0378. The molecule has 1 aromatic heterocycles. The Morgan fingerprint density at radius 3 is 2.78 bits per heavy atom. The first-order valence-electron chi connectivity index (χ1n) is 5.84. The Morgan fingerprint density at radius 2 is 2.06 bits per heavy atom. The Morgan fingerprint density at radius 1 is 1.28 bits per heavy atom. The number of hydrogen-bond donors (Lipinski definition) is 0. The third-order valence-electron chi connectivity index (χ3n) is 2.64. The summed E-state index contributed by atoms with van der Waals surface area (Å²) in [6, 6.07) is 7.21. The maximum atomic E-state index is 11.9. The van der Waals surface area contributed by atoms with Crippen LogP contribution in [0.1, 0.15) is 36.7 Å². The molecule has 1 aromatic carbocycles. The van der Waals surface area contributed by atoms with Gasteiger partial charge in [-0.05, 0) is 30.7 Å². The summed E-state index contributed by atoms with van der Waals surface area (Å²) >= 11 is 3.36. The van der Waals surface area contributed by atoms with E-state index in [0.717, 1.165) is 16.3 Å². The lowest BCUT2D eigenvalue weighted by Crippen LogP contribution is -2.06. The van der Waals surface area contributed by atoms with Gasteiger partial charge in [-0.2, -0.15) is 0 Å². The fourth-order valence-corrected chi connectivity index (χ4v) is 2.16. The normalized spacial score (nSPS) is 10.8. The van der Waals surface area contributed by atoms with Gasteiger partial charge in [-0.1, -0.05) is 22.9 Å². The van der Waals surface area contributed by atoms with E-state index in [1.54, 1.807) is 12.1 Å². The van der Waals surface area contributed by atoms with Crippen molar-refractivity contribution in [3.05, 3.63) is 34.5 Å². The number of carbonyl (C=O) groups excluding carboxylic acids is 2. The van der Waals surface area contributed by atoms with E-state index in [0.29, 0.717) is 12.0 Å². The van der Waals surface area contributed by atoms with E-state index in [1.807, 2.05) is 19.1 Å². The van der Waals surface area contributed by atoms with Crippen LogP contribution < -0.4 is 0 Å². The molecule has 0 aliphatic carbocycles. The number of fused-ring (bicyclic) bond motifs is 1. The summed E-state index contributed by atoms with van der Waals surface area (Å²) in [4.78, 5) is 23.3. The van der Waals surface area contributed by atoms with Crippen molar-refractivity contribution in [2.75, 3.05) is 0 Å². The van der Waals surface area contributed by atoms with E-state index < -0.39 is 0 Å². The molecule has 0 unspecified atom stereocenters. The van der Waals surface area contributed by atoms with Crippen molar-refractivity contribution in [3.8, 4) is 0 Å². The Hall–Kier alpha value is -1.42. The van der Waals surface area contributed by atoms with E-state index in [4.69, 9.17) is 4.42 Å². The van der Waals surface area contributed by atoms with Crippen LogP contribution >= 0.6 is 15.9 Å². The number of halogens is 1. The van der Waals surface area contributed by atoms with Crippen LogP contribution in [0.3, 0.4) is 0 Å². The van der Waals surface area contributed by atoms with Gasteiger partial charge in [0.25, 0.3) is 0 Å². The van der Waals surface area contributed by atoms with Gasteiger partial charge in [-0.3, -0.25) is 9.59 Å². The first-order chi connectivity index (χ1) is 8.60. The van der Waals surface area contributed by atoms with Crippen LogP contribution in [0.25, 0.3) is 11.0 Å². The van der Waals surface area contributed by atoms with Gasteiger partial charge in [0.2, 0.25) is 5.78 Å². The van der Waals surface area contributed by atoms with Crippen LogP contribution in [0.2, 0.25) is 0 Å². The van der Waals surface area contributed by atoms with Gasteiger partial charge in [0.15, 0.2) is 5.76 Å². The average Bonchev–Trinajstić information content (AvgIpc) is 2.72. The molecule has 0 radical (unpaired) electrons. The van der Waals surface area contributed by atoms with Gasteiger partial charge in [-0.15, -0.1) is 0 Å². The Bertz CT molecular complexity index is 598. The van der Waals surface area contributed by atoms with Crippen LogP contribution in [-0.4, -0.2) is 11.6 Å². The Balaban J connectivity index is 2.20. The Kier molecular flexibility index (Phi) is 3.97. The molecule has 2 rings (SSSR count). The molecule has 0 aliphatic rings. The number of rotatable bonds is 5. The number of hydrogen-bond acceptors (Lipinski definition) is 3. The van der Waals surface area contributed by atoms with Crippen molar-refractivity contribution < 1.29 is 14.0 Å². The van der Waals surface area contributed by atoms with Gasteiger partial charge in [0.05, 0.1) is 6.42 Å². The largest absolute Gasteiger partial charge is 0.453 e. The second kappa shape index (κ2) is 5.48. The van der Waals surface area contributed by atoms with Gasteiger partial charge in [-0.25, -0.2) is 0 Å². The monoisotopic (exact) mass is 308 g/mol. The number of Topliss-reactive ketones (excluding diaryl/α,β-unsaturated/α-hetero) is 2. The summed E-state index contributed by atoms with van der Waals surface area (Å²) in [5.41, 5.74) is 0.657. The highest BCUT2D eigenvalue weighted by Crippen LogP contribution is 2.24. The molecule has 0 saturated carbocycles. The zero-order valence-corrected chi connectivity index (χ0v) is 11.6. The molecule has 2 aromatic rings. The third-order valence-corrected chi connectivity index (χ3v) is 3.13. The predicted molar refractivity (Wildman–Crippen MR) is 72.8 cm³/mol. The summed E-state index contributed by atoms with van der Waals surface area (Å²) < 4.78 is 6.37. The zero-order chi connectivity index (χ0) is 13.1. The molecule has 1 heterocycles. The van der Waals surface area contributed by atoms with Crippen LogP contribution in [-0.2, 0) is 4.79 Å². The first kappa shape index (κ1) is 13.0. The molecule has 4 heteroatoms. The summed E-state index contributed by atoms with van der Waals surface area (Å²) in [6.45, 7) is 1.92. The van der Waals surface area contributed by atoms with Crippen molar-refractivity contribution in [2.45, 2.75) is 26.2 Å². The molecule has 3 nitrogen and oxygen atoms in total. The number of benzene rings is 1. The van der Waals surface area contributed by atoms with Gasteiger partial charge >= 0.3 is 0 Å². The topological polar surface area (TPSA) is 47.3 Å². The van der Waals surface area contributed by atoms with Gasteiger partial charge in [0, 0.05) is 16.3 Å². The summed E-state index contributed by atoms with van der Waals surface area (Å²) in [6.07, 6.45) is 1.13. The number of carbonyl (C=O) groups is 2. The maximum absolute atomic E-state index is 11.9. The molecule has 0 spiro atoms. The van der Waals surface area contributed by atoms with Crippen LogP contribution in [0.15, 0.2) is 33.2 Å². The highest BCUT2D eigenvalue weighted by atomic mass is 79.9. The molecular weight excluding hydrogens is 296 g/mol. The molecular formula is C14H13BrO3. The van der Waals surface area contributed by atoms with Crippen molar-refractivity contribution in [1.82, 2.24) is 0 Å². The SMILES string of the molecule is CCCC(=O)CC(=O)c1cc2cc(Br)ccc2o1. The summed E-state index contributed by atoms with van der Waals surface area (Å²) in [5, 5.41) is 0.857. The quantitative estimate of drug-likeness (QED) is 0.616. The lowest BCUT2D eigenvalue weighted by atomic mass is 10.1. The first-order valence-corrected chi connectivity index (χ1v) is 6.63. The van der Waals surface area contributed by atoms with E-state index in [2.05, 4.69) is 15.9 Å². The minimum atomic E-state index is -0.249. The third kappa shape index (κ3) is 2.88. The van der Waals surface area contributed by atoms with Crippen LogP contribution in [0.5, 0.6) is 0 Å². The molecule has 0 N–H and O–H groups in total.